The quantitative estimate of drug-likeness (QED) is 0.509. The van der Waals surface area contributed by atoms with Gasteiger partial charge in [0.15, 0.2) is 0 Å². The number of aromatic nitrogens is 2. The minimum Gasteiger partial charge on any atom is -0.369 e. The summed E-state index contributed by atoms with van der Waals surface area (Å²) in [7, 11) is 0. The molecule has 0 amide bonds. The molecular formula is C7H11N3O. The van der Waals surface area contributed by atoms with Crippen molar-refractivity contribution in [2.24, 2.45) is 0 Å². The average molecular weight is 153 g/mol. The maximum absolute atomic E-state index is 5.47. The number of anilines is 1. The third-order valence-electron chi connectivity index (χ3n) is 1.21. The molecule has 1 rings (SSSR count). The minimum atomic E-state index is 0.428. The third kappa shape index (κ3) is 2.09. The lowest BCUT2D eigenvalue weighted by molar-refractivity contribution is 0.102. The van der Waals surface area contributed by atoms with E-state index in [0.717, 1.165) is 0 Å². The molecule has 0 saturated carbocycles. The summed E-state index contributed by atoms with van der Waals surface area (Å²) in [6, 6.07) is 0. The van der Waals surface area contributed by atoms with Gasteiger partial charge in [0.1, 0.15) is 6.73 Å². The van der Waals surface area contributed by atoms with E-state index in [1.807, 2.05) is 0 Å². The maximum atomic E-state index is 5.47. The van der Waals surface area contributed by atoms with Gasteiger partial charge in [0, 0.05) is 12.4 Å². The second-order valence-corrected chi connectivity index (χ2v) is 2.04. The van der Waals surface area contributed by atoms with E-state index in [-0.39, 0.29) is 0 Å². The van der Waals surface area contributed by atoms with Crippen LogP contribution in [0.15, 0.2) is 25.0 Å². The number of rotatable bonds is 4. The van der Waals surface area contributed by atoms with E-state index in [2.05, 4.69) is 11.6 Å². The number of nitrogens with two attached hydrogens (primary N) is 1. The van der Waals surface area contributed by atoms with E-state index in [1.165, 1.54) is 0 Å². The molecule has 0 atom stereocenters. The van der Waals surface area contributed by atoms with Crippen LogP contribution in [0, 0.1) is 0 Å². The van der Waals surface area contributed by atoms with Crippen molar-refractivity contribution in [1.29, 1.82) is 0 Å². The van der Waals surface area contributed by atoms with E-state index in [4.69, 9.17) is 10.5 Å². The van der Waals surface area contributed by atoms with Gasteiger partial charge in [-0.15, -0.1) is 6.58 Å². The molecule has 0 aliphatic heterocycles. The first-order valence-corrected chi connectivity index (χ1v) is 3.30. The topological polar surface area (TPSA) is 53.1 Å². The Labute approximate surface area is 65.3 Å². The first-order chi connectivity index (χ1) is 5.34. The molecule has 0 saturated heterocycles. The average Bonchev–Trinajstić information content (AvgIpc) is 2.37. The van der Waals surface area contributed by atoms with Crippen LogP contribution in [-0.4, -0.2) is 16.2 Å². The van der Waals surface area contributed by atoms with Gasteiger partial charge in [-0.3, -0.25) is 4.57 Å². The molecular weight excluding hydrogens is 142 g/mol. The van der Waals surface area contributed by atoms with Gasteiger partial charge in [0.25, 0.3) is 0 Å². The Hall–Kier alpha value is -1.29. The van der Waals surface area contributed by atoms with Crippen LogP contribution < -0.4 is 5.73 Å². The highest BCUT2D eigenvalue weighted by molar-refractivity contribution is 5.15. The zero-order chi connectivity index (χ0) is 8.10. The summed E-state index contributed by atoms with van der Waals surface area (Å²) in [5.41, 5.74) is 5.47. The van der Waals surface area contributed by atoms with Crippen molar-refractivity contribution in [2.75, 3.05) is 12.3 Å². The first kappa shape index (κ1) is 7.81. The zero-order valence-electron chi connectivity index (χ0n) is 6.23. The van der Waals surface area contributed by atoms with Crippen molar-refractivity contribution < 1.29 is 4.74 Å². The first-order valence-electron chi connectivity index (χ1n) is 3.30. The fraction of sp³-hybridized carbons (Fsp3) is 0.286. The molecule has 2 N–H and O–H groups in total. The van der Waals surface area contributed by atoms with Gasteiger partial charge in [-0.25, -0.2) is 4.98 Å². The lowest BCUT2D eigenvalue weighted by Gasteiger charge is -2.02. The molecule has 0 aromatic carbocycles. The minimum absolute atomic E-state index is 0.428. The number of hydrogen-bond donors (Lipinski definition) is 1. The SMILES string of the molecule is C=CCOCn1ccnc1N. The fourth-order valence-electron chi connectivity index (χ4n) is 0.684. The molecule has 0 spiro atoms. The van der Waals surface area contributed by atoms with Crippen LogP contribution in [-0.2, 0) is 11.5 Å². The van der Waals surface area contributed by atoms with Gasteiger partial charge < -0.3 is 10.5 Å². The molecule has 0 fully saturated rings. The van der Waals surface area contributed by atoms with Crippen molar-refractivity contribution >= 4 is 5.95 Å². The van der Waals surface area contributed by atoms with Crippen LogP contribution >= 0.6 is 0 Å². The summed E-state index contributed by atoms with van der Waals surface area (Å²) in [5.74, 6) is 0.467. The molecule has 60 valence electrons. The lowest BCUT2D eigenvalue weighted by Crippen LogP contribution is -2.05. The molecule has 4 heteroatoms. The summed E-state index contributed by atoms with van der Waals surface area (Å²) in [6.07, 6.45) is 5.08. The molecule has 11 heavy (non-hydrogen) atoms. The molecule has 1 heterocycles. The summed E-state index contributed by atoms with van der Waals surface area (Å²) in [4.78, 5) is 3.83. The smallest absolute Gasteiger partial charge is 0.202 e. The van der Waals surface area contributed by atoms with E-state index in [0.29, 0.717) is 19.3 Å². The number of ether oxygens (including phenoxy) is 1. The van der Waals surface area contributed by atoms with Crippen molar-refractivity contribution in [1.82, 2.24) is 9.55 Å². The molecule has 4 nitrogen and oxygen atoms in total. The summed E-state index contributed by atoms with van der Waals surface area (Å²) >= 11 is 0. The molecule has 0 bridgehead atoms. The molecule has 0 aliphatic rings. The Balaban J connectivity index is 2.38. The molecule has 0 aliphatic carbocycles. The van der Waals surface area contributed by atoms with Gasteiger partial charge in [0.05, 0.1) is 6.61 Å². The van der Waals surface area contributed by atoms with Gasteiger partial charge in [-0.2, -0.15) is 0 Å². The second-order valence-electron chi connectivity index (χ2n) is 2.04. The summed E-state index contributed by atoms with van der Waals surface area (Å²) in [5, 5.41) is 0. The van der Waals surface area contributed by atoms with Gasteiger partial charge in [-0.05, 0) is 0 Å². The van der Waals surface area contributed by atoms with Crippen LogP contribution in [0.1, 0.15) is 0 Å². The predicted octanol–water partition coefficient (Wildman–Crippen LogP) is 0.625. The predicted molar refractivity (Wildman–Crippen MR) is 42.8 cm³/mol. The molecule has 0 radical (unpaired) electrons. The third-order valence-corrected chi connectivity index (χ3v) is 1.21. The van der Waals surface area contributed by atoms with Crippen molar-refractivity contribution in [3.8, 4) is 0 Å². The van der Waals surface area contributed by atoms with Gasteiger partial charge >= 0.3 is 0 Å². The molecule has 1 aromatic heterocycles. The lowest BCUT2D eigenvalue weighted by atomic mass is 10.7. The molecule has 1 aromatic rings. The number of hydrogen-bond acceptors (Lipinski definition) is 3. The van der Waals surface area contributed by atoms with E-state index >= 15 is 0 Å². The second kappa shape index (κ2) is 3.78. The Bertz CT molecular complexity index is 231. The maximum Gasteiger partial charge on any atom is 0.202 e. The summed E-state index contributed by atoms with van der Waals surface area (Å²) in [6.45, 7) is 4.47. The highest BCUT2D eigenvalue weighted by Gasteiger charge is 1.94. The van der Waals surface area contributed by atoms with Crippen LogP contribution in [0.4, 0.5) is 5.95 Å². The highest BCUT2D eigenvalue weighted by atomic mass is 16.5. The Morgan fingerprint density at radius 3 is 3.18 bits per heavy atom. The van der Waals surface area contributed by atoms with Gasteiger partial charge in [-0.1, -0.05) is 6.08 Å². The van der Waals surface area contributed by atoms with Crippen molar-refractivity contribution in [2.45, 2.75) is 6.73 Å². The van der Waals surface area contributed by atoms with E-state index in [1.54, 1.807) is 23.0 Å². The standard InChI is InChI=1S/C7H11N3O/c1-2-5-11-6-10-4-3-9-7(10)8/h2-4H,1,5-6H2,(H2,8,9). The van der Waals surface area contributed by atoms with Crippen LogP contribution in [0.5, 0.6) is 0 Å². The zero-order valence-corrected chi connectivity index (χ0v) is 6.23. The highest BCUT2D eigenvalue weighted by Crippen LogP contribution is 1.97. The van der Waals surface area contributed by atoms with Crippen LogP contribution in [0.3, 0.4) is 0 Å². The normalized spacial score (nSPS) is 9.82. The number of imidazole rings is 1. The van der Waals surface area contributed by atoms with Crippen molar-refractivity contribution in [3.05, 3.63) is 25.0 Å². The Morgan fingerprint density at radius 1 is 1.82 bits per heavy atom. The largest absolute Gasteiger partial charge is 0.369 e. The molecule has 0 unspecified atom stereocenters. The fourth-order valence-corrected chi connectivity index (χ4v) is 0.684. The van der Waals surface area contributed by atoms with Crippen molar-refractivity contribution in [3.63, 3.8) is 0 Å². The Kier molecular flexibility index (Phi) is 2.68. The van der Waals surface area contributed by atoms with Crippen LogP contribution in [0.2, 0.25) is 0 Å². The monoisotopic (exact) mass is 153 g/mol. The number of nitrogen functional groups attached to an aromatic ring is 1. The van der Waals surface area contributed by atoms with Gasteiger partial charge in [0.2, 0.25) is 5.95 Å². The van der Waals surface area contributed by atoms with E-state index in [9.17, 15) is 0 Å². The summed E-state index contributed by atoms with van der Waals surface area (Å²) < 4.78 is 6.84. The van der Waals surface area contributed by atoms with Crippen LogP contribution in [0.25, 0.3) is 0 Å². The Morgan fingerprint density at radius 2 is 2.64 bits per heavy atom. The number of nitrogens with zero attached hydrogens (tertiary/aromatic N) is 2. The van der Waals surface area contributed by atoms with E-state index < -0.39 is 0 Å².